The van der Waals surface area contributed by atoms with Crippen molar-refractivity contribution >= 4 is 57.4 Å². The maximum Gasteiger partial charge on any atom is 0.272 e. The van der Waals surface area contributed by atoms with E-state index in [-0.39, 0.29) is 32.3 Å². The molecule has 0 aliphatic rings. The fourth-order valence-corrected chi connectivity index (χ4v) is 2.03. The molecule has 10 heteroatoms. The molecule has 0 unspecified atom stereocenters. The van der Waals surface area contributed by atoms with Gasteiger partial charge >= 0.3 is 0 Å². The molecule has 0 saturated heterocycles. The molecule has 19 heavy (non-hydrogen) atoms. The van der Waals surface area contributed by atoms with Crippen LogP contribution in [0.4, 0.5) is 11.4 Å². The number of anilines is 1. The summed E-state index contributed by atoms with van der Waals surface area (Å²) < 4.78 is 0. The standard InChI is InChI=1S/C9H8Cl2N4O3S/c10-5-1-4(15(17)18)2-6(11)8(5)14-7(16)3-19-9(12)13/h1-2H,3H2,(H3,12,13)(H,14,16). The van der Waals surface area contributed by atoms with Crippen molar-refractivity contribution in [2.75, 3.05) is 11.1 Å². The van der Waals surface area contributed by atoms with Gasteiger partial charge in [0.1, 0.15) is 0 Å². The summed E-state index contributed by atoms with van der Waals surface area (Å²) in [5.74, 6) is -0.559. The van der Waals surface area contributed by atoms with E-state index in [9.17, 15) is 14.9 Å². The molecule has 1 rings (SSSR count). The molecule has 0 aliphatic carbocycles. The lowest BCUT2D eigenvalue weighted by atomic mass is 10.3. The molecule has 0 fully saturated rings. The smallest absolute Gasteiger partial charge is 0.272 e. The van der Waals surface area contributed by atoms with Gasteiger partial charge in [0.15, 0.2) is 5.17 Å². The molecule has 1 aromatic rings. The van der Waals surface area contributed by atoms with Gasteiger partial charge in [-0.15, -0.1) is 0 Å². The zero-order chi connectivity index (χ0) is 14.6. The van der Waals surface area contributed by atoms with Crippen molar-refractivity contribution < 1.29 is 9.72 Å². The van der Waals surface area contributed by atoms with Crippen LogP contribution < -0.4 is 11.1 Å². The Morgan fingerprint density at radius 3 is 2.42 bits per heavy atom. The number of nitrogens with one attached hydrogen (secondary N) is 2. The summed E-state index contributed by atoms with van der Waals surface area (Å²) in [6.07, 6.45) is 0. The molecule has 0 aliphatic heterocycles. The van der Waals surface area contributed by atoms with Gasteiger partial charge in [-0.05, 0) is 0 Å². The highest BCUT2D eigenvalue weighted by molar-refractivity contribution is 8.14. The summed E-state index contributed by atoms with van der Waals surface area (Å²) in [7, 11) is 0. The number of halogens is 2. The predicted molar refractivity (Wildman–Crippen MR) is 76.1 cm³/mol. The van der Waals surface area contributed by atoms with E-state index in [1.165, 1.54) is 0 Å². The monoisotopic (exact) mass is 322 g/mol. The number of hydrogen-bond donors (Lipinski definition) is 3. The second-order valence-corrected chi connectivity index (χ2v) is 5.07. The van der Waals surface area contributed by atoms with Gasteiger partial charge < -0.3 is 11.1 Å². The van der Waals surface area contributed by atoms with E-state index in [1.54, 1.807) is 0 Å². The number of nitro benzene ring substituents is 1. The Hall–Kier alpha value is -1.51. The van der Waals surface area contributed by atoms with Gasteiger partial charge in [-0.25, -0.2) is 0 Å². The molecule has 7 nitrogen and oxygen atoms in total. The Morgan fingerprint density at radius 2 is 2.00 bits per heavy atom. The molecule has 102 valence electrons. The molecular weight excluding hydrogens is 315 g/mol. The van der Waals surface area contributed by atoms with Gasteiger partial charge in [-0.1, -0.05) is 35.0 Å². The lowest BCUT2D eigenvalue weighted by molar-refractivity contribution is -0.384. The van der Waals surface area contributed by atoms with Gasteiger partial charge in [0, 0.05) is 12.1 Å². The molecule has 1 amide bonds. The minimum atomic E-state index is -0.644. The molecule has 0 aromatic heterocycles. The number of thioether (sulfide) groups is 1. The predicted octanol–water partition coefficient (Wildman–Crippen LogP) is 2.47. The molecule has 0 heterocycles. The van der Waals surface area contributed by atoms with Crippen LogP contribution in [0, 0.1) is 15.5 Å². The topological polar surface area (TPSA) is 122 Å². The molecule has 4 N–H and O–H groups in total. The summed E-state index contributed by atoms with van der Waals surface area (Å²) in [6, 6.07) is 2.17. The second kappa shape index (κ2) is 6.60. The van der Waals surface area contributed by atoms with Crippen LogP contribution in [0.15, 0.2) is 12.1 Å². The van der Waals surface area contributed by atoms with Crippen molar-refractivity contribution in [3.8, 4) is 0 Å². The van der Waals surface area contributed by atoms with E-state index in [2.05, 4.69) is 5.32 Å². The fourth-order valence-electron chi connectivity index (χ4n) is 1.10. The van der Waals surface area contributed by atoms with E-state index in [1.807, 2.05) is 0 Å². The number of non-ortho nitro benzene ring substituents is 1. The van der Waals surface area contributed by atoms with Gasteiger partial charge in [0.05, 0.1) is 26.4 Å². The summed E-state index contributed by atoms with van der Waals surface area (Å²) in [5.41, 5.74) is 4.90. The molecule has 1 aromatic carbocycles. The maximum absolute atomic E-state index is 11.5. The van der Waals surface area contributed by atoms with Crippen LogP contribution in [0.2, 0.25) is 10.0 Å². The second-order valence-electron chi connectivity index (χ2n) is 3.24. The third-order valence-electron chi connectivity index (χ3n) is 1.86. The number of hydrogen-bond acceptors (Lipinski definition) is 5. The Bertz CT molecular complexity index is 529. The van der Waals surface area contributed by atoms with E-state index >= 15 is 0 Å². The zero-order valence-corrected chi connectivity index (χ0v) is 11.6. The average molecular weight is 323 g/mol. The normalized spacial score (nSPS) is 10.0. The first kappa shape index (κ1) is 15.5. The van der Waals surface area contributed by atoms with Crippen LogP contribution in [0.5, 0.6) is 0 Å². The van der Waals surface area contributed by atoms with Crippen LogP contribution in [0.1, 0.15) is 0 Å². The number of nitro groups is 1. The number of nitrogens with zero attached hydrogens (tertiary/aromatic N) is 1. The van der Waals surface area contributed by atoms with E-state index in [0.717, 1.165) is 23.9 Å². The number of nitrogens with two attached hydrogens (primary N) is 1. The van der Waals surface area contributed by atoms with Gasteiger partial charge in [0.2, 0.25) is 5.91 Å². The quantitative estimate of drug-likeness (QED) is 0.340. The van der Waals surface area contributed by atoms with E-state index < -0.39 is 10.8 Å². The first-order valence-electron chi connectivity index (χ1n) is 4.71. The third-order valence-corrected chi connectivity index (χ3v) is 3.17. The Morgan fingerprint density at radius 1 is 1.47 bits per heavy atom. The lowest BCUT2D eigenvalue weighted by Gasteiger charge is -2.08. The maximum atomic E-state index is 11.5. The Kier molecular flexibility index (Phi) is 5.40. The number of benzene rings is 1. The van der Waals surface area contributed by atoms with Crippen LogP contribution in [0.3, 0.4) is 0 Å². The van der Waals surface area contributed by atoms with Crippen LogP contribution >= 0.6 is 35.0 Å². The highest BCUT2D eigenvalue weighted by Gasteiger charge is 2.16. The number of amidine groups is 1. The molecule has 0 saturated carbocycles. The summed E-state index contributed by atoms with van der Waals surface area (Å²) >= 11 is 12.4. The number of rotatable bonds is 4. The van der Waals surface area contributed by atoms with Crippen LogP contribution in [-0.4, -0.2) is 21.8 Å². The average Bonchev–Trinajstić information content (AvgIpc) is 2.30. The first-order chi connectivity index (χ1) is 8.81. The largest absolute Gasteiger partial charge is 0.379 e. The van der Waals surface area contributed by atoms with Gasteiger partial charge in [-0.3, -0.25) is 20.3 Å². The SMILES string of the molecule is N=C(N)SCC(=O)Nc1c(Cl)cc([N+](=O)[O-])cc1Cl. The van der Waals surface area contributed by atoms with Crippen molar-refractivity contribution in [2.45, 2.75) is 0 Å². The summed E-state index contributed by atoms with van der Waals surface area (Å²) in [6.45, 7) is 0. The van der Waals surface area contributed by atoms with Crippen molar-refractivity contribution in [3.05, 3.63) is 32.3 Å². The summed E-state index contributed by atoms with van der Waals surface area (Å²) in [4.78, 5) is 21.4. The lowest BCUT2D eigenvalue weighted by Crippen LogP contribution is -2.17. The molecule has 0 radical (unpaired) electrons. The van der Waals surface area contributed by atoms with Crippen molar-refractivity contribution in [1.82, 2.24) is 0 Å². The number of amides is 1. The minimum Gasteiger partial charge on any atom is -0.379 e. The fraction of sp³-hybridized carbons (Fsp3) is 0.111. The highest BCUT2D eigenvalue weighted by Crippen LogP contribution is 2.34. The molecule has 0 spiro atoms. The molecular formula is C9H8Cl2N4O3S. The third kappa shape index (κ3) is 4.58. The van der Waals surface area contributed by atoms with E-state index in [4.69, 9.17) is 34.3 Å². The highest BCUT2D eigenvalue weighted by atomic mass is 35.5. The number of carbonyl (C=O) groups excluding carboxylic acids is 1. The van der Waals surface area contributed by atoms with Gasteiger partial charge in [0.25, 0.3) is 5.69 Å². The number of carbonyl (C=O) groups is 1. The Labute approximate surface area is 122 Å². The van der Waals surface area contributed by atoms with Crippen molar-refractivity contribution in [1.29, 1.82) is 5.41 Å². The molecule has 0 bridgehead atoms. The Balaban J connectivity index is 2.87. The van der Waals surface area contributed by atoms with Crippen LogP contribution in [-0.2, 0) is 4.79 Å². The van der Waals surface area contributed by atoms with E-state index in [0.29, 0.717) is 0 Å². The molecule has 0 atom stereocenters. The summed E-state index contributed by atoms with van der Waals surface area (Å²) in [5, 5.41) is 19.7. The zero-order valence-electron chi connectivity index (χ0n) is 9.28. The minimum absolute atomic E-state index is 0.0413. The van der Waals surface area contributed by atoms with Crippen LogP contribution in [0.25, 0.3) is 0 Å². The van der Waals surface area contributed by atoms with Crippen molar-refractivity contribution in [3.63, 3.8) is 0 Å². The first-order valence-corrected chi connectivity index (χ1v) is 6.45. The van der Waals surface area contributed by atoms with Gasteiger partial charge in [-0.2, -0.15) is 0 Å². The van der Waals surface area contributed by atoms with Crippen molar-refractivity contribution in [2.24, 2.45) is 5.73 Å².